The molecule has 3 aliphatic rings. The molecule has 0 unspecified atom stereocenters. The average Bonchev–Trinajstić information content (AvgIpc) is 2.75. The lowest BCUT2D eigenvalue weighted by Crippen LogP contribution is -2.45. The summed E-state index contributed by atoms with van der Waals surface area (Å²) in [5.74, 6) is 0.479. The first-order valence-electron chi connectivity index (χ1n) is 11.2. The van der Waals surface area contributed by atoms with Crippen LogP contribution in [0.2, 0.25) is 0 Å². The van der Waals surface area contributed by atoms with Gasteiger partial charge in [0.05, 0.1) is 19.3 Å². The van der Waals surface area contributed by atoms with Crippen molar-refractivity contribution in [3.05, 3.63) is 29.3 Å². The Kier molecular flexibility index (Phi) is 6.53. The summed E-state index contributed by atoms with van der Waals surface area (Å²) in [7, 11) is 2.18. The van der Waals surface area contributed by atoms with Gasteiger partial charge < -0.3 is 15.0 Å². The topological polar surface area (TPSA) is 44.8 Å². The number of amides is 1. The van der Waals surface area contributed by atoms with Gasteiger partial charge in [0.25, 0.3) is 0 Å². The molecule has 1 saturated heterocycles. The maximum atomic E-state index is 12.7. The van der Waals surface area contributed by atoms with E-state index in [9.17, 15) is 4.79 Å². The van der Waals surface area contributed by atoms with Crippen molar-refractivity contribution in [3.63, 3.8) is 0 Å². The van der Waals surface area contributed by atoms with Crippen LogP contribution < -0.4 is 10.2 Å². The molecule has 2 aliphatic heterocycles. The Morgan fingerprint density at radius 1 is 1.14 bits per heavy atom. The monoisotopic (exact) mass is 385 g/mol. The molecule has 1 saturated carbocycles. The SMILES string of the molecule is CN1CCCc2cc([C@@H](CNC(=O)C3CCCCC3)N3CCOCC3)ccc21. The first-order chi connectivity index (χ1) is 13.7. The molecule has 5 nitrogen and oxygen atoms in total. The average molecular weight is 386 g/mol. The summed E-state index contributed by atoms with van der Waals surface area (Å²) in [4.78, 5) is 17.6. The van der Waals surface area contributed by atoms with Crippen LogP contribution in [0.25, 0.3) is 0 Å². The van der Waals surface area contributed by atoms with Crippen LogP contribution in [0.1, 0.15) is 55.7 Å². The molecule has 1 N–H and O–H groups in total. The van der Waals surface area contributed by atoms with Gasteiger partial charge in [-0.1, -0.05) is 31.4 Å². The molecule has 5 heteroatoms. The number of morpholine rings is 1. The Hall–Kier alpha value is -1.59. The van der Waals surface area contributed by atoms with Crippen LogP contribution in [0.15, 0.2) is 18.2 Å². The van der Waals surface area contributed by atoms with Crippen molar-refractivity contribution in [1.29, 1.82) is 0 Å². The Labute approximate surface area is 169 Å². The molecule has 4 rings (SSSR count). The highest BCUT2D eigenvalue weighted by Crippen LogP contribution is 2.31. The lowest BCUT2D eigenvalue weighted by Gasteiger charge is -2.36. The summed E-state index contributed by atoms with van der Waals surface area (Å²) in [6, 6.07) is 7.17. The van der Waals surface area contributed by atoms with Gasteiger partial charge in [0, 0.05) is 44.8 Å². The molecule has 1 amide bonds. The van der Waals surface area contributed by atoms with Gasteiger partial charge in [0.2, 0.25) is 5.91 Å². The number of hydrogen-bond acceptors (Lipinski definition) is 4. The molecular weight excluding hydrogens is 350 g/mol. The van der Waals surface area contributed by atoms with Crippen LogP contribution in [-0.4, -0.2) is 57.2 Å². The van der Waals surface area contributed by atoms with Gasteiger partial charge >= 0.3 is 0 Å². The first kappa shape index (κ1) is 19.7. The second-order valence-electron chi connectivity index (χ2n) is 8.66. The van der Waals surface area contributed by atoms with Gasteiger partial charge in [-0.15, -0.1) is 0 Å². The van der Waals surface area contributed by atoms with Gasteiger partial charge in [-0.25, -0.2) is 0 Å². The first-order valence-corrected chi connectivity index (χ1v) is 11.2. The largest absolute Gasteiger partial charge is 0.379 e. The summed E-state index contributed by atoms with van der Waals surface area (Å²) in [5.41, 5.74) is 4.14. The van der Waals surface area contributed by atoms with Crippen molar-refractivity contribution >= 4 is 11.6 Å². The van der Waals surface area contributed by atoms with E-state index in [1.807, 2.05) is 0 Å². The second-order valence-corrected chi connectivity index (χ2v) is 8.66. The van der Waals surface area contributed by atoms with Crippen molar-refractivity contribution in [2.45, 2.75) is 51.0 Å². The second kappa shape index (κ2) is 9.27. The number of ether oxygens (including phenoxy) is 1. The summed E-state index contributed by atoms with van der Waals surface area (Å²) in [5, 5.41) is 3.31. The minimum absolute atomic E-state index is 0.219. The minimum atomic E-state index is 0.219. The van der Waals surface area contributed by atoms with E-state index in [2.05, 4.69) is 40.4 Å². The third-order valence-electron chi connectivity index (χ3n) is 6.77. The van der Waals surface area contributed by atoms with Crippen LogP contribution >= 0.6 is 0 Å². The molecule has 0 aromatic heterocycles. The summed E-state index contributed by atoms with van der Waals surface area (Å²) in [6.07, 6.45) is 8.15. The molecule has 1 aliphatic carbocycles. The van der Waals surface area contributed by atoms with Crippen LogP contribution in [0.3, 0.4) is 0 Å². The van der Waals surface area contributed by atoms with Crippen molar-refractivity contribution in [1.82, 2.24) is 10.2 Å². The number of carbonyl (C=O) groups is 1. The number of hydrogen-bond donors (Lipinski definition) is 1. The normalized spacial score (nSPS) is 22.5. The fraction of sp³-hybridized carbons (Fsp3) is 0.696. The van der Waals surface area contributed by atoms with Gasteiger partial charge in [0.1, 0.15) is 0 Å². The standard InChI is InChI=1S/C23H35N3O2/c1-25-11-5-8-19-16-20(9-10-21(19)25)22(26-12-14-28-15-13-26)17-24-23(27)18-6-3-2-4-7-18/h9-10,16,18,22H,2-8,11-15,17H2,1H3,(H,24,27)/t22-/m1/s1. The molecule has 0 bridgehead atoms. The van der Waals surface area contributed by atoms with E-state index in [-0.39, 0.29) is 17.9 Å². The van der Waals surface area contributed by atoms with Gasteiger partial charge in [-0.05, 0) is 42.9 Å². The molecule has 1 atom stereocenters. The van der Waals surface area contributed by atoms with Crippen LogP contribution in [0.5, 0.6) is 0 Å². The predicted molar refractivity (Wildman–Crippen MR) is 113 cm³/mol. The van der Waals surface area contributed by atoms with Crippen molar-refractivity contribution in [3.8, 4) is 0 Å². The van der Waals surface area contributed by atoms with E-state index in [0.29, 0.717) is 6.54 Å². The number of nitrogens with one attached hydrogen (secondary N) is 1. The van der Waals surface area contributed by atoms with E-state index in [0.717, 1.165) is 52.1 Å². The Balaban J connectivity index is 1.49. The zero-order valence-corrected chi connectivity index (χ0v) is 17.3. The summed E-state index contributed by atoms with van der Waals surface area (Å²) >= 11 is 0. The fourth-order valence-corrected chi connectivity index (χ4v) is 5.07. The maximum Gasteiger partial charge on any atom is 0.223 e. The molecule has 1 aromatic rings. The smallest absolute Gasteiger partial charge is 0.223 e. The lowest BCUT2D eigenvalue weighted by molar-refractivity contribution is -0.126. The van der Waals surface area contributed by atoms with E-state index < -0.39 is 0 Å². The number of anilines is 1. The van der Waals surface area contributed by atoms with E-state index in [1.54, 1.807) is 0 Å². The lowest BCUT2D eigenvalue weighted by atomic mass is 9.88. The van der Waals surface area contributed by atoms with E-state index in [1.165, 1.54) is 42.5 Å². The third kappa shape index (κ3) is 4.52. The van der Waals surface area contributed by atoms with E-state index in [4.69, 9.17) is 4.74 Å². The van der Waals surface area contributed by atoms with Crippen molar-refractivity contribution in [2.75, 3.05) is 51.3 Å². The molecular formula is C23H35N3O2. The summed E-state index contributed by atoms with van der Waals surface area (Å²) < 4.78 is 5.58. The quantitative estimate of drug-likeness (QED) is 0.846. The zero-order chi connectivity index (χ0) is 19.3. The number of rotatable bonds is 5. The van der Waals surface area contributed by atoms with Crippen molar-refractivity contribution in [2.24, 2.45) is 5.92 Å². The highest BCUT2D eigenvalue weighted by Gasteiger charge is 2.27. The highest BCUT2D eigenvalue weighted by molar-refractivity contribution is 5.78. The predicted octanol–water partition coefficient (Wildman–Crippen LogP) is 3.14. The molecule has 0 spiro atoms. The fourth-order valence-electron chi connectivity index (χ4n) is 5.07. The Bertz CT molecular complexity index is 666. The maximum absolute atomic E-state index is 12.7. The van der Waals surface area contributed by atoms with Crippen LogP contribution in [0.4, 0.5) is 5.69 Å². The van der Waals surface area contributed by atoms with Crippen LogP contribution in [0, 0.1) is 5.92 Å². The van der Waals surface area contributed by atoms with Crippen molar-refractivity contribution < 1.29 is 9.53 Å². The number of nitrogens with zero attached hydrogens (tertiary/aromatic N) is 2. The minimum Gasteiger partial charge on any atom is -0.379 e. The molecule has 0 radical (unpaired) electrons. The molecule has 2 fully saturated rings. The Morgan fingerprint density at radius 3 is 2.71 bits per heavy atom. The number of aryl methyl sites for hydroxylation is 1. The summed E-state index contributed by atoms with van der Waals surface area (Å²) in [6.45, 7) is 5.25. The number of benzene rings is 1. The zero-order valence-electron chi connectivity index (χ0n) is 17.3. The molecule has 28 heavy (non-hydrogen) atoms. The van der Waals surface area contributed by atoms with Gasteiger partial charge in [-0.3, -0.25) is 9.69 Å². The van der Waals surface area contributed by atoms with E-state index >= 15 is 0 Å². The van der Waals surface area contributed by atoms with Gasteiger partial charge in [-0.2, -0.15) is 0 Å². The Morgan fingerprint density at radius 2 is 1.93 bits per heavy atom. The number of fused-ring (bicyclic) bond motifs is 1. The highest BCUT2D eigenvalue weighted by atomic mass is 16.5. The van der Waals surface area contributed by atoms with Crippen LogP contribution in [-0.2, 0) is 16.0 Å². The molecule has 154 valence electrons. The molecule has 2 heterocycles. The number of carbonyl (C=O) groups excluding carboxylic acids is 1. The third-order valence-corrected chi connectivity index (χ3v) is 6.77. The molecule has 1 aromatic carbocycles. The van der Waals surface area contributed by atoms with Gasteiger partial charge in [0.15, 0.2) is 0 Å².